The Morgan fingerprint density at radius 3 is 2.52 bits per heavy atom. The summed E-state index contributed by atoms with van der Waals surface area (Å²) in [5.74, 6) is 1.87. The van der Waals surface area contributed by atoms with E-state index in [1.165, 1.54) is 0 Å². The quantitative estimate of drug-likeness (QED) is 0.673. The maximum absolute atomic E-state index is 11.8. The van der Waals surface area contributed by atoms with Crippen LogP contribution in [-0.4, -0.2) is 34.0 Å². The molecule has 0 bridgehead atoms. The van der Waals surface area contributed by atoms with Crippen LogP contribution >= 0.6 is 0 Å². The van der Waals surface area contributed by atoms with Gasteiger partial charge in [0.15, 0.2) is 0 Å². The maximum Gasteiger partial charge on any atom is 0.306 e. The highest BCUT2D eigenvalue weighted by Crippen LogP contribution is 2.63. The fourth-order valence-corrected chi connectivity index (χ4v) is 6.83. The van der Waals surface area contributed by atoms with Crippen molar-refractivity contribution in [2.75, 3.05) is 0 Å². The normalized spacial score (nSPS) is 56.1. The number of esters is 1. The van der Waals surface area contributed by atoms with E-state index in [0.717, 1.165) is 38.5 Å². The van der Waals surface area contributed by atoms with E-state index >= 15 is 0 Å². The van der Waals surface area contributed by atoms with Gasteiger partial charge < -0.3 is 14.9 Å². The molecule has 0 aromatic rings. The average Bonchev–Trinajstić information content (AvgIpc) is 2.50. The average molecular weight is 322 g/mol. The lowest BCUT2D eigenvalue weighted by Gasteiger charge is -2.62. The zero-order chi connectivity index (χ0) is 16.4. The molecule has 0 aromatic carbocycles. The molecule has 1 aliphatic heterocycles. The van der Waals surface area contributed by atoms with Crippen molar-refractivity contribution in [3.05, 3.63) is 0 Å². The third-order valence-corrected chi connectivity index (χ3v) is 8.07. The number of carbonyl (C=O) groups is 1. The van der Waals surface area contributed by atoms with Crippen molar-refractivity contribution in [3.8, 4) is 0 Å². The summed E-state index contributed by atoms with van der Waals surface area (Å²) in [5, 5.41) is 20.6. The molecule has 0 unspecified atom stereocenters. The van der Waals surface area contributed by atoms with Gasteiger partial charge in [-0.3, -0.25) is 4.79 Å². The Bertz CT molecular complexity index is 506. The summed E-state index contributed by atoms with van der Waals surface area (Å²) < 4.78 is 5.81. The van der Waals surface area contributed by atoms with Gasteiger partial charge in [-0.2, -0.15) is 0 Å². The molecule has 4 rings (SSSR count). The highest BCUT2D eigenvalue weighted by molar-refractivity contribution is 5.70. The highest BCUT2D eigenvalue weighted by atomic mass is 16.6. The summed E-state index contributed by atoms with van der Waals surface area (Å²) in [6.07, 6.45) is 6.28. The minimum absolute atomic E-state index is 0.0293. The number of rotatable bonds is 0. The van der Waals surface area contributed by atoms with Gasteiger partial charge in [0.1, 0.15) is 5.60 Å². The van der Waals surface area contributed by atoms with Crippen LogP contribution in [0.3, 0.4) is 0 Å². The molecule has 3 aliphatic carbocycles. The minimum Gasteiger partial charge on any atom is -0.459 e. The standard InChI is InChI=1S/C19H30O4/c1-18-9-8-15(20)17(22)14(18)4-3-11-12(18)7-10-19(2)13(11)5-6-16(21)23-19/h11-15,17,20,22H,3-10H2,1-2H3/t11-,12+,13+,14+,15-,17-,18-,19+/m1/s1. The van der Waals surface area contributed by atoms with Crippen molar-refractivity contribution in [1.82, 2.24) is 0 Å². The lowest BCUT2D eigenvalue weighted by Crippen LogP contribution is -2.61. The second kappa shape index (κ2) is 5.19. The Morgan fingerprint density at radius 2 is 1.74 bits per heavy atom. The van der Waals surface area contributed by atoms with E-state index in [9.17, 15) is 15.0 Å². The molecule has 23 heavy (non-hydrogen) atoms. The van der Waals surface area contributed by atoms with Gasteiger partial charge >= 0.3 is 5.97 Å². The highest BCUT2D eigenvalue weighted by Gasteiger charge is 2.60. The molecule has 4 nitrogen and oxygen atoms in total. The van der Waals surface area contributed by atoms with Gasteiger partial charge in [-0.05, 0) is 75.0 Å². The van der Waals surface area contributed by atoms with Crippen LogP contribution in [0.5, 0.6) is 0 Å². The van der Waals surface area contributed by atoms with Crippen LogP contribution in [0.25, 0.3) is 0 Å². The fraction of sp³-hybridized carbons (Fsp3) is 0.947. The van der Waals surface area contributed by atoms with E-state index in [0.29, 0.717) is 30.6 Å². The zero-order valence-corrected chi connectivity index (χ0v) is 14.3. The van der Waals surface area contributed by atoms with Crippen LogP contribution in [0, 0.1) is 29.1 Å². The molecule has 0 spiro atoms. The lowest BCUT2D eigenvalue weighted by atomic mass is 9.45. The number of ether oxygens (including phenoxy) is 1. The summed E-state index contributed by atoms with van der Waals surface area (Å²) >= 11 is 0. The number of aliphatic hydroxyl groups excluding tert-OH is 2. The monoisotopic (exact) mass is 322 g/mol. The molecule has 2 N–H and O–H groups in total. The first-order valence-electron chi connectivity index (χ1n) is 9.43. The van der Waals surface area contributed by atoms with Gasteiger partial charge in [0.25, 0.3) is 0 Å². The molecular weight excluding hydrogens is 292 g/mol. The molecule has 1 saturated heterocycles. The predicted octanol–water partition coefficient (Wildman–Crippen LogP) is 2.66. The summed E-state index contributed by atoms with van der Waals surface area (Å²) in [4.78, 5) is 11.8. The second-order valence-corrected chi connectivity index (χ2v) is 9.03. The van der Waals surface area contributed by atoms with Crippen LogP contribution in [0.15, 0.2) is 0 Å². The topological polar surface area (TPSA) is 66.8 Å². The summed E-state index contributed by atoms with van der Waals surface area (Å²) in [6.45, 7) is 4.49. The molecule has 8 atom stereocenters. The van der Waals surface area contributed by atoms with Crippen LogP contribution in [-0.2, 0) is 9.53 Å². The molecule has 4 heteroatoms. The van der Waals surface area contributed by atoms with E-state index in [1.54, 1.807) is 0 Å². The van der Waals surface area contributed by atoms with Crippen LogP contribution in [0.4, 0.5) is 0 Å². The van der Waals surface area contributed by atoms with Gasteiger partial charge in [0, 0.05) is 12.3 Å². The predicted molar refractivity (Wildman–Crippen MR) is 85.5 cm³/mol. The Kier molecular flexibility index (Phi) is 3.59. The molecule has 0 aromatic heterocycles. The van der Waals surface area contributed by atoms with E-state index in [1.807, 2.05) is 0 Å². The van der Waals surface area contributed by atoms with Crippen molar-refractivity contribution in [1.29, 1.82) is 0 Å². The number of carbonyl (C=O) groups excluding carboxylic acids is 1. The third kappa shape index (κ3) is 2.21. The summed E-state index contributed by atoms with van der Waals surface area (Å²) in [5.41, 5.74) is -0.142. The van der Waals surface area contributed by atoms with Gasteiger partial charge in [-0.1, -0.05) is 6.92 Å². The van der Waals surface area contributed by atoms with E-state index in [-0.39, 0.29) is 22.9 Å². The first kappa shape index (κ1) is 15.9. The van der Waals surface area contributed by atoms with E-state index < -0.39 is 12.2 Å². The SMILES string of the molecule is C[C@]12CC[C@@H](O)[C@H](O)[C@@H]1CC[C@@H]1[C@@H]2CC[C@]2(C)OC(=O)CC[C@@H]12. The van der Waals surface area contributed by atoms with Gasteiger partial charge in [0.05, 0.1) is 12.2 Å². The molecule has 0 radical (unpaired) electrons. The number of hydrogen-bond donors (Lipinski definition) is 2. The maximum atomic E-state index is 11.8. The van der Waals surface area contributed by atoms with Crippen molar-refractivity contribution in [3.63, 3.8) is 0 Å². The van der Waals surface area contributed by atoms with E-state index in [4.69, 9.17) is 4.74 Å². The summed E-state index contributed by atoms with van der Waals surface area (Å²) in [6, 6.07) is 0. The Morgan fingerprint density at radius 1 is 0.957 bits per heavy atom. The molecule has 130 valence electrons. The molecule has 1 heterocycles. The first-order valence-corrected chi connectivity index (χ1v) is 9.43. The van der Waals surface area contributed by atoms with Crippen molar-refractivity contribution in [2.45, 2.75) is 83.0 Å². The van der Waals surface area contributed by atoms with Crippen LogP contribution in [0.1, 0.15) is 65.2 Å². The largest absolute Gasteiger partial charge is 0.459 e. The minimum atomic E-state index is -0.563. The van der Waals surface area contributed by atoms with Crippen molar-refractivity contribution < 1.29 is 19.7 Å². The second-order valence-electron chi connectivity index (χ2n) is 9.03. The smallest absolute Gasteiger partial charge is 0.306 e. The zero-order valence-electron chi connectivity index (χ0n) is 14.3. The Balaban J connectivity index is 1.63. The molecular formula is C19H30O4. The van der Waals surface area contributed by atoms with Gasteiger partial charge in [0.2, 0.25) is 0 Å². The lowest BCUT2D eigenvalue weighted by molar-refractivity contribution is -0.214. The molecule has 4 aliphatic rings. The third-order valence-electron chi connectivity index (χ3n) is 8.07. The Hall–Kier alpha value is -0.610. The Labute approximate surface area is 138 Å². The number of hydrogen-bond acceptors (Lipinski definition) is 4. The first-order chi connectivity index (χ1) is 10.8. The fourth-order valence-electron chi connectivity index (χ4n) is 6.83. The summed E-state index contributed by atoms with van der Waals surface area (Å²) in [7, 11) is 0. The molecule has 3 saturated carbocycles. The molecule has 4 fully saturated rings. The number of fused-ring (bicyclic) bond motifs is 5. The van der Waals surface area contributed by atoms with Crippen LogP contribution < -0.4 is 0 Å². The molecule has 0 amide bonds. The van der Waals surface area contributed by atoms with Crippen molar-refractivity contribution in [2.24, 2.45) is 29.1 Å². The van der Waals surface area contributed by atoms with Gasteiger partial charge in [-0.25, -0.2) is 0 Å². The van der Waals surface area contributed by atoms with Gasteiger partial charge in [-0.15, -0.1) is 0 Å². The van der Waals surface area contributed by atoms with E-state index in [2.05, 4.69) is 13.8 Å². The van der Waals surface area contributed by atoms with Crippen LogP contribution in [0.2, 0.25) is 0 Å². The number of aliphatic hydroxyl groups is 2. The van der Waals surface area contributed by atoms with Crippen molar-refractivity contribution >= 4 is 5.97 Å².